The molecule has 150 valence electrons. The molecule has 4 nitrogen and oxygen atoms in total. The number of carbonyl (C=O) groups is 1. The molecule has 1 aromatic heterocycles. The second-order valence-corrected chi connectivity index (χ2v) is 10.3. The SMILES string of the molecule is CC(C)(C)c1ccc(S(=O)(=O)Cc2ccc(Cl)cc2C(=O)c2ccccn2)cc1. The summed E-state index contributed by atoms with van der Waals surface area (Å²) in [5.74, 6) is -0.659. The normalized spacial score (nSPS) is 12.0. The lowest BCUT2D eigenvalue weighted by atomic mass is 9.87. The van der Waals surface area contributed by atoms with E-state index in [1.807, 2.05) is 12.1 Å². The molecule has 0 bridgehead atoms. The maximum absolute atomic E-state index is 13.0. The number of hydrogen-bond acceptors (Lipinski definition) is 4. The first-order valence-corrected chi connectivity index (χ1v) is 11.2. The van der Waals surface area contributed by atoms with Gasteiger partial charge in [0.25, 0.3) is 0 Å². The predicted octanol–water partition coefficient (Wildman–Crippen LogP) is 5.24. The maximum Gasteiger partial charge on any atom is 0.211 e. The Bertz CT molecular complexity index is 1130. The van der Waals surface area contributed by atoms with Crippen LogP contribution in [-0.4, -0.2) is 19.2 Å². The molecule has 29 heavy (non-hydrogen) atoms. The summed E-state index contributed by atoms with van der Waals surface area (Å²) in [6, 6.07) is 16.6. The number of ketones is 1. The van der Waals surface area contributed by atoms with E-state index in [1.165, 1.54) is 12.3 Å². The summed E-state index contributed by atoms with van der Waals surface area (Å²) in [4.78, 5) is 17.2. The van der Waals surface area contributed by atoms with Crippen LogP contribution in [0.5, 0.6) is 0 Å². The molecule has 0 saturated carbocycles. The third-order valence-corrected chi connectivity index (χ3v) is 6.56. The van der Waals surface area contributed by atoms with Gasteiger partial charge in [0, 0.05) is 16.8 Å². The molecule has 0 N–H and O–H groups in total. The highest BCUT2D eigenvalue weighted by molar-refractivity contribution is 7.90. The lowest BCUT2D eigenvalue weighted by Gasteiger charge is -2.19. The molecule has 1 heterocycles. The molecule has 0 aliphatic heterocycles. The van der Waals surface area contributed by atoms with Gasteiger partial charge in [-0.15, -0.1) is 0 Å². The van der Waals surface area contributed by atoms with Crippen molar-refractivity contribution < 1.29 is 13.2 Å². The van der Waals surface area contributed by atoms with Crippen LogP contribution in [-0.2, 0) is 21.0 Å². The Morgan fingerprint density at radius 3 is 2.28 bits per heavy atom. The van der Waals surface area contributed by atoms with Gasteiger partial charge < -0.3 is 0 Å². The highest BCUT2D eigenvalue weighted by Gasteiger charge is 2.22. The lowest BCUT2D eigenvalue weighted by molar-refractivity contribution is 0.103. The molecule has 0 fully saturated rings. The molecule has 0 radical (unpaired) electrons. The van der Waals surface area contributed by atoms with Crippen LogP contribution in [0.4, 0.5) is 0 Å². The van der Waals surface area contributed by atoms with Crippen molar-refractivity contribution in [3.8, 4) is 0 Å². The summed E-state index contributed by atoms with van der Waals surface area (Å²) in [5, 5.41) is 0.361. The van der Waals surface area contributed by atoms with Crippen LogP contribution in [0.2, 0.25) is 5.02 Å². The summed E-state index contributed by atoms with van der Waals surface area (Å²) in [7, 11) is -3.64. The van der Waals surface area contributed by atoms with Crippen molar-refractivity contribution in [3.05, 3.63) is 94.3 Å². The van der Waals surface area contributed by atoms with E-state index in [1.54, 1.807) is 42.5 Å². The summed E-state index contributed by atoms with van der Waals surface area (Å²) in [5.41, 5.74) is 1.86. The van der Waals surface area contributed by atoms with Crippen molar-refractivity contribution in [2.24, 2.45) is 0 Å². The third-order valence-electron chi connectivity index (χ3n) is 4.64. The fourth-order valence-electron chi connectivity index (χ4n) is 2.97. The van der Waals surface area contributed by atoms with Crippen LogP contribution in [0, 0.1) is 0 Å². The van der Waals surface area contributed by atoms with Crippen molar-refractivity contribution in [2.75, 3.05) is 0 Å². The third kappa shape index (κ3) is 4.92. The summed E-state index contributed by atoms with van der Waals surface area (Å²) >= 11 is 6.07. The quantitative estimate of drug-likeness (QED) is 0.522. The Morgan fingerprint density at radius 1 is 1.00 bits per heavy atom. The molecule has 3 rings (SSSR count). The molecule has 3 aromatic rings. The highest BCUT2D eigenvalue weighted by atomic mass is 35.5. The fourth-order valence-corrected chi connectivity index (χ4v) is 4.52. The zero-order valence-electron chi connectivity index (χ0n) is 16.5. The van der Waals surface area contributed by atoms with Gasteiger partial charge in [0.1, 0.15) is 5.69 Å². The number of benzene rings is 2. The minimum atomic E-state index is -3.64. The van der Waals surface area contributed by atoms with E-state index < -0.39 is 9.84 Å². The molecule has 0 saturated heterocycles. The van der Waals surface area contributed by atoms with E-state index in [0.717, 1.165) is 5.56 Å². The van der Waals surface area contributed by atoms with E-state index in [4.69, 9.17) is 11.6 Å². The second kappa shape index (κ2) is 8.09. The molecule has 0 aliphatic carbocycles. The zero-order chi connectivity index (χ0) is 21.2. The van der Waals surface area contributed by atoms with Crippen molar-refractivity contribution in [1.82, 2.24) is 4.98 Å². The summed E-state index contributed by atoms with van der Waals surface area (Å²) in [6.45, 7) is 6.21. The van der Waals surface area contributed by atoms with E-state index in [0.29, 0.717) is 10.6 Å². The number of sulfone groups is 1. The van der Waals surface area contributed by atoms with E-state index in [9.17, 15) is 13.2 Å². The first kappa shape index (κ1) is 21.2. The highest BCUT2D eigenvalue weighted by Crippen LogP contribution is 2.26. The monoisotopic (exact) mass is 427 g/mol. The largest absolute Gasteiger partial charge is 0.287 e. The lowest BCUT2D eigenvalue weighted by Crippen LogP contribution is -2.13. The van der Waals surface area contributed by atoms with Crippen LogP contribution in [0.15, 0.2) is 71.8 Å². The number of hydrogen-bond donors (Lipinski definition) is 0. The number of nitrogens with zero attached hydrogens (tertiary/aromatic N) is 1. The minimum absolute atomic E-state index is 0.0687. The average molecular weight is 428 g/mol. The number of carbonyl (C=O) groups excluding carboxylic acids is 1. The Balaban J connectivity index is 1.96. The van der Waals surface area contributed by atoms with Gasteiger partial charge in [-0.3, -0.25) is 9.78 Å². The Labute approximate surface area is 176 Å². The molecule has 0 unspecified atom stereocenters. The van der Waals surface area contributed by atoms with Crippen LogP contribution in [0.1, 0.15) is 48.0 Å². The summed E-state index contributed by atoms with van der Waals surface area (Å²) < 4.78 is 26.0. The van der Waals surface area contributed by atoms with E-state index >= 15 is 0 Å². The van der Waals surface area contributed by atoms with Crippen LogP contribution in [0.3, 0.4) is 0 Å². The molecule has 0 atom stereocenters. The van der Waals surface area contributed by atoms with Crippen LogP contribution in [0.25, 0.3) is 0 Å². The number of rotatable bonds is 5. The molecule has 0 amide bonds. The Hall–Kier alpha value is -2.50. The van der Waals surface area contributed by atoms with Gasteiger partial charge >= 0.3 is 0 Å². The molecular formula is C23H22ClNO3S. The first-order chi connectivity index (χ1) is 13.6. The second-order valence-electron chi connectivity index (χ2n) is 7.88. The van der Waals surface area contributed by atoms with Gasteiger partial charge in [-0.05, 0) is 52.9 Å². The smallest absolute Gasteiger partial charge is 0.211 e. The van der Waals surface area contributed by atoms with Gasteiger partial charge in [0.2, 0.25) is 5.78 Å². The minimum Gasteiger partial charge on any atom is -0.287 e. The number of aromatic nitrogens is 1. The first-order valence-electron chi connectivity index (χ1n) is 9.15. The Morgan fingerprint density at radius 2 is 1.69 bits per heavy atom. The van der Waals surface area contributed by atoms with Crippen LogP contribution >= 0.6 is 11.6 Å². The number of halogens is 1. The van der Waals surface area contributed by atoms with Gasteiger partial charge in [0.05, 0.1) is 10.6 Å². The molecule has 0 spiro atoms. The zero-order valence-corrected chi connectivity index (χ0v) is 18.1. The average Bonchev–Trinajstić information content (AvgIpc) is 2.69. The van der Waals surface area contributed by atoms with Crippen LogP contribution < -0.4 is 0 Å². The van der Waals surface area contributed by atoms with Crippen molar-refractivity contribution in [1.29, 1.82) is 0 Å². The van der Waals surface area contributed by atoms with Crippen molar-refractivity contribution >= 4 is 27.2 Å². The molecule has 6 heteroatoms. The van der Waals surface area contributed by atoms with Gasteiger partial charge in [0.15, 0.2) is 9.84 Å². The maximum atomic E-state index is 13.0. The Kier molecular flexibility index (Phi) is 5.92. The van der Waals surface area contributed by atoms with E-state index in [2.05, 4.69) is 25.8 Å². The van der Waals surface area contributed by atoms with Gasteiger partial charge in [-0.25, -0.2) is 8.42 Å². The molecular weight excluding hydrogens is 406 g/mol. The van der Waals surface area contributed by atoms with Crippen molar-refractivity contribution in [3.63, 3.8) is 0 Å². The van der Waals surface area contributed by atoms with Gasteiger partial charge in [-0.1, -0.05) is 56.6 Å². The number of pyridine rings is 1. The standard InChI is InChI=1S/C23H22ClNO3S/c1-23(2,3)17-8-11-19(12-9-17)29(27,28)15-16-7-10-18(24)14-20(16)22(26)21-6-4-5-13-25-21/h4-14H,15H2,1-3H3. The van der Waals surface area contributed by atoms with E-state index in [-0.39, 0.29) is 33.1 Å². The van der Waals surface area contributed by atoms with Crippen molar-refractivity contribution in [2.45, 2.75) is 36.8 Å². The molecule has 0 aliphatic rings. The fraction of sp³-hybridized carbons (Fsp3) is 0.217. The topological polar surface area (TPSA) is 64.1 Å². The summed E-state index contributed by atoms with van der Waals surface area (Å²) in [6.07, 6.45) is 1.52. The van der Waals surface area contributed by atoms with Gasteiger partial charge in [-0.2, -0.15) is 0 Å². The predicted molar refractivity (Wildman–Crippen MR) is 115 cm³/mol. The molecule has 2 aromatic carbocycles.